The highest BCUT2D eigenvalue weighted by atomic mass is 16.8. The van der Waals surface area contributed by atoms with Gasteiger partial charge in [0.25, 0.3) is 0 Å². The summed E-state index contributed by atoms with van der Waals surface area (Å²) in [5.41, 5.74) is 6.56. The summed E-state index contributed by atoms with van der Waals surface area (Å²) < 4.78 is 46.4. The molecule has 0 bridgehead atoms. The number of benzene rings is 6. The number of ether oxygens (including phenoxy) is 8. The minimum absolute atomic E-state index is 0.0539. The largest absolute Gasteiger partial charge is 0.494 e. The Balaban J connectivity index is 0.820. The van der Waals surface area contributed by atoms with Crippen LogP contribution in [0.1, 0.15) is 88.5 Å². The van der Waals surface area contributed by atoms with Crippen LogP contribution in [-0.2, 0) is 28.5 Å². The molecule has 10 rings (SSSR count). The van der Waals surface area contributed by atoms with Crippen molar-refractivity contribution in [1.82, 2.24) is 9.97 Å². The maximum atomic E-state index is 11.4. The Kier molecular flexibility index (Phi) is 17.3. The number of unbranched alkanes of at least 4 members (excludes halogenated alkanes) is 3. The fourth-order valence-corrected chi connectivity index (χ4v) is 10.6. The molecule has 6 aromatic carbocycles. The first kappa shape index (κ1) is 50.9. The second-order valence-corrected chi connectivity index (χ2v) is 20.1. The van der Waals surface area contributed by atoms with E-state index in [1.54, 1.807) is 0 Å². The molecular formula is C62H68N2O10. The number of rotatable bonds is 26. The molecule has 0 N–H and O–H groups in total. The van der Waals surface area contributed by atoms with Crippen LogP contribution < -0.4 is 18.9 Å². The quantitative estimate of drug-likeness (QED) is 0.00971. The van der Waals surface area contributed by atoms with Crippen molar-refractivity contribution in [3.05, 3.63) is 121 Å². The van der Waals surface area contributed by atoms with E-state index in [4.69, 9.17) is 47.9 Å². The smallest absolute Gasteiger partial charge is 0.330 e. The van der Waals surface area contributed by atoms with E-state index < -0.39 is 5.97 Å². The molecule has 74 heavy (non-hydrogen) atoms. The second kappa shape index (κ2) is 25.1. The Hall–Kier alpha value is -6.60. The topological polar surface area (TPSA) is 137 Å². The van der Waals surface area contributed by atoms with Gasteiger partial charge < -0.3 is 42.7 Å². The Morgan fingerprint density at radius 3 is 1.85 bits per heavy atom. The van der Waals surface area contributed by atoms with Crippen LogP contribution in [-0.4, -0.2) is 88.0 Å². The molecule has 1 atom stereocenters. The van der Waals surface area contributed by atoms with Gasteiger partial charge in [-0.2, -0.15) is 0 Å². The van der Waals surface area contributed by atoms with Gasteiger partial charge in [-0.05, 0) is 189 Å². The average Bonchev–Trinajstić information content (AvgIpc) is 4.29. The van der Waals surface area contributed by atoms with Crippen molar-refractivity contribution >= 4 is 55.9 Å². The lowest BCUT2D eigenvalue weighted by molar-refractivity contribution is -0.139. The summed E-state index contributed by atoms with van der Waals surface area (Å²) in [5, 5.41) is 4.13. The number of aldehydes is 1. The van der Waals surface area contributed by atoms with E-state index in [2.05, 4.69) is 85.4 Å². The van der Waals surface area contributed by atoms with Crippen LogP contribution in [0.4, 0.5) is 0 Å². The van der Waals surface area contributed by atoms with Gasteiger partial charge in [-0.25, -0.2) is 14.8 Å². The molecular weight excluding hydrogens is 933 g/mol. The predicted octanol–water partition coefficient (Wildman–Crippen LogP) is 12.9. The van der Waals surface area contributed by atoms with Gasteiger partial charge in [0.05, 0.1) is 55.1 Å². The Bertz CT molecular complexity index is 3010. The molecule has 3 aliphatic rings. The molecule has 1 saturated heterocycles. The molecule has 0 spiro atoms. The van der Waals surface area contributed by atoms with E-state index in [9.17, 15) is 9.59 Å². The summed E-state index contributed by atoms with van der Waals surface area (Å²) in [7, 11) is 0. The molecule has 1 unspecified atom stereocenters. The molecule has 7 aromatic rings. The fourth-order valence-electron chi connectivity index (χ4n) is 10.6. The maximum Gasteiger partial charge on any atom is 0.330 e. The molecule has 1 aliphatic heterocycles. The van der Waals surface area contributed by atoms with Crippen molar-refractivity contribution < 1.29 is 47.5 Å². The third kappa shape index (κ3) is 13.4. The third-order valence-corrected chi connectivity index (χ3v) is 14.9. The molecule has 0 radical (unpaired) electrons. The van der Waals surface area contributed by atoms with Gasteiger partial charge >= 0.3 is 5.97 Å². The molecule has 12 nitrogen and oxygen atoms in total. The molecule has 12 heteroatoms. The predicted molar refractivity (Wildman–Crippen MR) is 288 cm³/mol. The number of aromatic nitrogens is 2. The number of nitrogens with zero attached hydrogens (tertiary/aromatic N) is 2. The first-order valence-corrected chi connectivity index (χ1v) is 26.8. The number of fused-ring (bicyclic) bond motifs is 7. The zero-order chi connectivity index (χ0) is 50.5. The third-order valence-electron chi connectivity index (χ3n) is 14.9. The molecule has 0 amide bonds. The van der Waals surface area contributed by atoms with E-state index in [1.807, 2.05) is 24.3 Å². The summed E-state index contributed by atoms with van der Waals surface area (Å²) in [6, 6.07) is 35.7. The van der Waals surface area contributed by atoms with Crippen molar-refractivity contribution in [2.75, 3.05) is 59.5 Å². The number of hydrogen-bond donors (Lipinski definition) is 0. The van der Waals surface area contributed by atoms with Crippen LogP contribution in [0.25, 0.3) is 54.7 Å². The zero-order valence-corrected chi connectivity index (χ0v) is 42.4. The minimum Gasteiger partial charge on any atom is -0.494 e. The summed E-state index contributed by atoms with van der Waals surface area (Å²) >= 11 is 0. The number of hydrogen-bond acceptors (Lipinski definition) is 12. The lowest BCUT2D eigenvalue weighted by atomic mass is 9.79. The SMILES string of the molecule is C=CC(=O)OCCOCCOc1cccc(-c2ccc3nc4c5cc(OCC6CCC(C=O)CC6)ccc5c5ccc(OCC6CCC(c7ccc(OCCCCCCOC8CO8)cc7)CC6)cc5c4nc3c2)c1. The van der Waals surface area contributed by atoms with Gasteiger partial charge in [-0.15, -0.1) is 0 Å². The number of esters is 1. The van der Waals surface area contributed by atoms with E-state index >= 15 is 0 Å². The van der Waals surface area contributed by atoms with Crippen molar-refractivity contribution in [3.8, 4) is 34.1 Å². The maximum absolute atomic E-state index is 11.4. The van der Waals surface area contributed by atoms with Gasteiger partial charge in [-0.1, -0.05) is 43.3 Å². The summed E-state index contributed by atoms with van der Waals surface area (Å²) in [6.07, 6.45) is 15.1. The molecule has 2 aliphatic carbocycles. The van der Waals surface area contributed by atoms with Gasteiger partial charge in [0.2, 0.25) is 0 Å². The van der Waals surface area contributed by atoms with Crippen LogP contribution in [0.15, 0.2) is 116 Å². The van der Waals surface area contributed by atoms with E-state index in [0.29, 0.717) is 49.9 Å². The van der Waals surface area contributed by atoms with Crippen LogP contribution >= 0.6 is 0 Å². The average molecular weight is 1000 g/mol. The fraction of sp³-hybridized carbons (Fsp3) is 0.419. The zero-order valence-electron chi connectivity index (χ0n) is 42.4. The summed E-state index contributed by atoms with van der Waals surface area (Å²) in [4.78, 5) is 33.4. The Morgan fingerprint density at radius 2 is 1.18 bits per heavy atom. The van der Waals surface area contributed by atoms with Gasteiger partial charge in [-0.3, -0.25) is 0 Å². The standard InChI is InChI=1S/C62H68N2O10/c1-2-59(66)70-33-31-67-30-32-69-50-9-7-8-47(34-50)48-20-27-57-58(35-48)64-62-56-37-52(24-26-54(56)53-25-23-51(36-55(53)61(62)63-57)72-39-43-12-10-42(38-65)11-13-43)73-40-44-14-16-45(17-15-44)46-18-21-49(22-19-46)68-28-5-3-4-6-29-71-60-41-74-60/h2,7-9,18-27,34-38,42-45,60H,1,3-6,10-17,28-33,39-41H2. The highest BCUT2D eigenvalue weighted by Crippen LogP contribution is 2.40. The van der Waals surface area contributed by atoms with E-state index in [0.717, 1.165) is 181 Å². The molecule has 2 saturated carbocycles. The molecule has 2 heterocycles. The van der Waals surface area contributed by atoms with Gasteiger partial charge in [0.15, 0.2) is 6.29 Å². The van der Waals surface area contributed by atoms with E-state index in [-0.39, 0.29) is 25.4 Å². The number of carbonyl (C=O) groups excluding carboxylic acids is 2. The highest BCUT2D eigenvalue weighted by molar-refractivity contribution is 6.24. The van der Waals surface area contributed by atoms with Crippen LogP contribution in [0.3, 0.4) is 0 Å². The van der Waals surface area contributed by atoms with E-state index in [1.165, 1.54) is 5.56 Å². The normalized spacial score (nSPS) is 19.6. The van der Waals surface area contributed by atoms with Crippen molar-refractivity contribution in [2.24, 2.45) is 17.8 Å². The number of epoxide rings is 1. The molecule has 3 fully saturated rings. The second-order valence-electron chi connectivity index (χ2n) is 20.1. The van der Waals surface area contributed by atoms with Crippen molar-refractivity contribution in [2.45, 2.75) is 89.3 Å². The van der Waals surface area contributed by atoms with Gasteiger partial charge in [0, 0.05) is 29.4 Å². The lowest BCUT2D eigenvalue weighted by Crippen LogP contribution is -2.20. The van der Waals surface area contributed by atoms with Crippen molar-refractivity contribution in [3.63, 3.8) is 0 Å². The summed E-state index contributed by atoms with van der Waals surface area (Å²) in [6.45, 7) is 8.09. The summed E-state index contributed by atoms with van der Waals surface area (Å²) in [5.74, 6) is 4.44. The minimum atomic E-state index is -0.471. The van der Waals surface area contributed by atoms with Crippen molar-refractivity contribution in [1.29, 1.82) is 0 Å². The lowest BCUT2D eigenvalue weighted by Gasteiger charge is -2.29. The van der Waals surface area contributed by atoms with Gasteiger partial charge in [0.1, 0.15) is 49.1 Å². The highest BCUT2D eigenvalue weighted by Gasteiger charge is 2.25. The number of carbonyl (C=O) groups is 2. The Morgan fingerprint density at radius 1 is 0.568 bits per heavy atom. The van der Waals surface area contributed by atoms with Crippen LogP contribution in [0.2, 0.25) is 0 Å². The van der Waals surface area contributed by atoms with Crippen LogP contribution in [0, 0.1) is 17.8 Å². The Labute approximate surface area is 433 Å². The van der Waals surface area contributed by atoms with Crippen LogP contribution in [0.5, 0.6) is 23.0 Å². The monoisotopic (exact) mass is 1000 g/mol. The molecule has 386 valence electrons. The molecule has 1 aromatic heterocycles. The first-order chi connectivity index (χ1) is 36.5. The first-order valence-electron chi connectivity index (χ1n) is 26.8.